The fourth-order valence-corrected chi connectivity index (χ4v) is 1.96. The van der Waals surface area contributed by atoms with Crippen molar-refractivity contribution in [1.82, 2.24) is 0 Å². The first kappa shape index (κ1) is 18.0. The highest BCUT2D eigenvalue weighted by molar-refractivity contribution is 9.09. The van der Waals surface area contributed by atoms with E-state index in [0.29, 0.717) is 17.9 Å². The predicted molar refractivity (Wildman–Crippen MR) is 86.0 cm³/mol. The molecule has 0 fully saturated rings. The van der Waals surface area contributed by atoms with Gasteiger partial charge in [-0.25, -0.2) is 4.79 Å². The highest BCUT2D eigenvalue weighted by Gasteiger charge is 2.28. The minimum Gasteiger partial charge on any atom is -0.496 e. The van der Waals surface area contributed by atoms with Gasteiger partial charge in [-0.15, -0.1) is 0 Å². The molecule has 0 bridgehead atoms. The first-order valence-corrected chi connectivity index (χ1v) is 7.86. The summed E-state index contributed by atoms with van der Waals surface area (Å²) in [5.74, 6) is 0.192. The lowest BCUT2D eigenvalue weighted by atomic mass is 9.98. The Morgan fingerprint density at radius 1 is 1.33 bits per heavy atom. The van der Waals surface area contributed by atoms with Crippen molar-refractivity contribution in [3.63, 3.8) is 0 Å². The second-order valence-corrected chi connectivity index (χ2v) is 6.32. The van der Waals surface area contributed by atoms with Crippen molar-refractivity contribution < 1.29 is 19.0 Å². The Morgan fingerprint density at radius 3 is 2.52 bits per heavy atom. The molecule has 1 rings (SSSR count). The molecule has 0 saturated carbocycles. The summed E-state index contributed by atoms with van der Waals surface area (Å²) in [6.07, 6.45) is -0.789. The summed E-state index contributed by atoms with van der Waals surface area (Å²) in [7, 11) is 2.93. The minimum atomic E-state index is -0.789. The molecule has 0 N–H and O–H groups in total. The van der Waals surface area contributed by atoms with E-state index in [-0.39, 0.29) is 5.41 Å². The predicted octanol–water partition coefficient (Wildman–Crippen LogP) is 3.66. The molecule has 21 heavy (non-hydrogen) atoms. The van der Waals surface area contributed by atoms with Crippen LogP contribution in [0, 0.1) is 12.3 Å². The number of carbonyl (C=O) groups excluding carboxylic acids is 1. The zero-order valence-corrected chi connectivity index (χ0v) is 14.8. The number of hydrogen-bond donors (Lipinski definition) is 0. The van der Waals surface area contributed by atoms with Gasteiger partial charge in [0, 0.05) is 10.9 Å². The number of hydrogen-bond acceptors (Lipinski definition) is 4. The largest absolute Gasteiger partial charge is 0.496 e. The Morgan fingerprint density at radius 2 is 2.00 bits per heavy atom. The molecule has 0 aromatic heterocycles. The number of aryl methyl sites for hydroxylation is 1. The molecule has 0 spiro atoms. The Kier molecular flexibility index (Phi) is 6.68. The van der Waals surface area contributed by atoms with E-state index in [1.54, 1.807) is 7.11 Å². The third-order valence-corrected chi connectivity index (χ3v) is 4.60. The van der Waals surface area contributed by atoms with Gasteiger partial charge < -0.3 is 14.2 Å². The Labute approximate surface area is 134 Å². The topological polar surface area (TPSA) is 44.8 Å². The van der Waals surface area contributed by atoms with Crippen LogP contribution >= 0.6 is 15.9 Å². The Balaban J connectivity index is 3.08. The molecule has 0 aliphatic carbocycles. The summed E-state index contributed by atoms with van der Waals surface area (Å²) >= 11 is 3.45. The van der Waals surface area contributed by atoms with Gasteiger partial charge >= 0.3 is 5.97 Å². The van der Waals surface area contributed by atoms with Gasteiger partial charge in [0.1, 0.15) is 5.75 Å². The lowest BCUT2D eigenvalue weighted by Gasteiger charge is -2.25. The molecule has 1 aromatic carbocycles. The molecule has 0 aliphatic rings. The first-order valence-electron chi connectivity index (χ1n) is 6.74. The molecule has 1 unspecified atom stereocenters. The minimum absolute atomic E-state index is 0.0800. The lowest BCUT2D eigenvalue weighted by molar-refractivity contribution is -0.156. The third kappa shape index (κ3) is 5.00. The number of rotatable bonds is 7. The number of benzene rings is 1. The molecular formula is C16H23BrO4. The van der Waals surface area contributed by atoms with Gasteiger partial charge in [-0.05, 0) is 24.5 Å². The number of esters is 1. The average molecular weight is 359 g/mol. The van der Waals surface area contributed by atoms with Gasteiger partial charge in [0.15, 0.2) is 6.10 Å². The van der Waals surface area contributed by atoms with Gasteiger partial charge in [0.2, 0.25) is 0 Å². The number of halogens is 1. The summed E-state index contributed by atoms with van der Waals surface area (Å²) in [4.78, 5) is 12.1. The second kappa shape index (κ2) is 7.80. The summed E-state index contributed by atoms with van der Waals surface area (Å²) < 4.78 is 16.1. The lowest BCUT2D eigenvalue weighted by Crippen LogP contribution is -2.26. The van der Waals surface area contributed by atoms with E-state index in [9.17, 15) is 4.79 Å². The molecule has 0 aliphatic heterocycles. The maximum absolute atomic E-state index is 12.1. The zero-order valence-electron chi connectivity index (χ0n) is 13.2. The number of ether oxygens (including phenoxy) is 3. The number of methoxy groups -OCH3 is 2. The van der Waals surface area contributed by atoms with Gasteiger partial charge in [-0.3, -0.25) is 0 Å². The average Bonchev–Trinajstić information content (AvgIpc) is 2.47. The van der Waals surface area contributed by atoms with Crippen molar-refractivity contribution in [3.8, 4) is 5.75 Å². The van der Waals surface area contributed by atoms with Crippen molar-refractivity contribution >= 4 is 21.9 Å². The molecule has 5 heteroatoms. The standard InChI is InChI=1S/C16H23BrO4/c1-11-6-7-13(19-4)12(8-11)14(15(18)20-5)21-10-16(2,3)9-17/h6-8,14H,9-10H2,1-5H3. The molecule has 0 saturated heterocycles. The van der Waals surface area contributed by atoms with E-state index in [1.807, 2.05) is 25.1 Å². The smallest absolute Gasteiger partial charge is 0.339 e. The van der Waals surface area contributed by atoms with Crippen molar-refractivity contribution in [1.29, 1.82) is 0 Å². The fraction of sp³-hybridized carbons (Fsp3) is 0.562. The molecular weight excluding hydrogens is 336 g/mol. The highest BCUT2D eigenvalue weighted by Crippen LogP contribution is 2.31. The van der Waals surface area contributed by atoms with Crippen molar-refractivity contribution in [2.45, 2.75) is 26.9 Å². The van der Waals surface area contributed by atoms with E-state index in [0.717, 1.165) is 10.9 Å². The van der Waals surface area contributed by atoms with Gasteiger partial charge in [0.05, 0.1) is 20.8 Å². The van der Waals surface area contributed by atoms with Gasteiger partial charge in [-0.1, -0.05) is 41.4 Å². The molecule has 1 aromatic rings. The van der Waals surface area contributed by atoms with Gasteiger partial charge in [-0.2, -0.15) is 0 Å². The van der Waals surface area contributed by atoms with Crippen molar-refractivity contribution in [3.05, 3.63) is 29.3 Å². The fourth-order valence-electron chi connectivity index (χ4n) is 1.80. The van der Waals surface area contributed by atoms with Crippen molar-refractivity contribution in [2.75, 3.05) is 26.2 Å². The molecule has 4 nitrogen and oxygen atoms in total. The van der Waals surface area contributed by atoms with Crippen LogP contribution in [0.2, 0.25) is 0 Å². The second-order valence-electron chi connectivity index (χ2n) is 5.76. The van der Waals surface area contributed by atoms with Crippen LogP contribution in [0.25, 0.3) is 0 Å². The molecule has 118 valence electrons. The van der Waals surface area contributed by atoms with Crippen LogP contribution in [-0.2, 0) is 14.3 Å². The molecule has 0 amide bonds. The molecule has 0 radical (unpaired) electrons. The Hall–Kier alpha value is -1.07. The van der Waals surface area contributed by atoms with E-state index < -0.39 is 12.1 Å². The van der Waals surface area contributed by atoms with Crippen LogP contribution in [0.15, 0.2) is 18.2 Å². The maximum Gasteiger partial charge on any atom is 0.339 e. The highest BCUT2D eigenvalue weighted by atomic mass is 79.9. The van der Waals surface area contributed by atoms with Crippen LogP contribution < -0.4 is 4.74 Å². The number of alkyl halides is 1. The van der Waals surface area contributed by atoms with Crippen LogP contribution in [0.3, 0.4) is 0 Å². The first-order chi connectivity index (χ1) is 9.84. The molecule has 1 atom stereocenters. The van der Waals surface area contributed by atoms with E-state index in [4.69, 9.17) is 14.2 Å². The van der Waals surface area contributed by atoms with Crippen LogP contribution in [0.4, 0.5) is 0 Å². The monoisotopic (exact) mass is 358 g/mol. The SMILES string of the molecule is COC(=O)C(OCC(C)(C)CBr)c1cc(C)ccc1OC. The third-order valence-electron chi connectivity index (χ3n) is 3.09. The summed E-state index contributed by atoms with van der Waals surface area (Å²) in [6.45, 7) is 6.50. The van der Waals surface area contributed by atoms with Crippen LogP contribution in [-0.4, -0.2) is 32.1 Å². The normalized spacial score (nSPS) is 12.9. The number of carbonyl (C=O) groups is 1. The quantitative estimate of drug-likeness (QED) is 0.551. The zero-order chi connectivity index (χ0) is 16.0. The van der Waals surface area contributed by atoms with E-state index in [2.05, 4.69) is 29.8 Å². The van der Waals surface area contributed by atoms with Gasteiger partial charge in [0.25, 0.3) is 0 Å². The summed E-state index contributed by atoms with van der Waals surface area (Å²) in [5.41, 5.74) is 1.64. The van der Waals surface area contributed by atoms with E-state index in [1.165, 1.54) is 7.11 Å². The van der Waals surface area contributed by atoms with E-state index >= 15 is 0 Å². The molecule has 0 heterocycles. The van der Waals surface area contributed by atoms with Crippen LogP contribution in [0.5, 0.6) is 5.75 Å². The summed E-state index contributed by atoms with van der Waals surface area (Å²) in [5, 5.41) is 0.777. The van der Waals surface area contributed by atoms with Crippen LogP contribution in [0.1, 0.15) is 31.1 Å². The summed E-state index contributed by atoms with van der Waals surface area (Å²) in [6, 6.07) is 5.65. The van der Waals surface area contributed by atoms with Crippen molar-refractivity contribution in [2.24, 2.45) is 5.41 Å². The maximum atomic E-state index is 12.1. The Bertz CT molecular complexity index is 485.